The predicted octanol–water partition coefficient (Wildman–Crippen LogP) is 1.65. The average Bonchev–Trinajstić information content (AvgIpc) is 1.87. The molecule has 4 N–H and O–H groups in total. The van der Waals surface area contributed by atoms with Crippen LogP contribution in [-0.2, 0) is 0 Å². The highest BCUT2D eigenvalue weighted by Gasteiger charge is 1.98. The highest BCUT2D eigenvalue weighted by molar-refractivity contribution is 8.26. The van der Waals surface area contributed by atoms with Gasteiger partial charge in [0.15, 0.2) is 0 Å². The van der Waals surface area contributed by atoms with E-state index in [1.54, 1.807) is 0 Å². The van der Waals surface area contributed by atoms with Crippen molar-refractivity contribution in [3.63, 3.8) is 0 Å². The van der Waals surface area contributed by atoms with E-state index < -0.39 is 0 Å². The topological polar surface area (TPSA) is 120 Å². The van der Waals surface area contributed by atoms with Gasteiger partial charge >= 0.3 is 0 Å². The summed E-state index contributed by atoms with van der Waals surface area (Å²) in [5.41, 5.74) is 12.5. The summed E-state index contributed by atoms with van der Waals surface area (Å²) in [4.78, 5) is 0. The molecule has 0 spiro atoms. The molecule has 0 amide bonds. The van der Waals surface area contributed by atoms with Crippen LogP contribution in [0.2, 0.25) is 0 Å². The summed E-state index contributed by atoms with van der Waals surface area (Å²) in [5, 5.41) is 18.1. The molecular formula is C2H4N6S. The lowest BCUT2D eigenvalue weighted by molar-refractivity contribution is 1.18. The van der Waals surface area contributed by atoms with Gasteiger partial charge in [-0.15, -0.1) is 10.2 Å². The van der Waals surface area contributed by atoms with Crippen molar-refractivity contribution >= 4 is 22.1 Å². The third kappa shape index (κ3) is 3.47. The number of hydrogen-bond acceptors (Lipinski definition) is 5. The normalized spacial score (nSPS) is 8.00. The number of nitrogens with one attached hydrogen (secondary N) is 4. The summed E-state index contributed by atoms with van der Waals surface area (Å²) in [5.74, 6) is 0. The van der Waals surface area contributed by atoms with Crippen molar-refractivity contribution in [2.24, 2.45) is 10.2 Å². The maximum Gasteiger partial charge on any atom is 0.208 e. The molecule has 0 aliphatic rings. The fourth-order valence-electron chi connectivity index (χ4n) is 0.137. The van der Waals surface area contributed by atoms with Crippen LogP contribution in [0.4, 0.5) is 0 Å². The van der Waals surface area contributed by atoms with Crippen LogP contribution < -0.4 is 0 Å². The first-order valence-corrected chi connectivity index (χ1v) is 2.62. The Kier molecular flexibility index (Phi) is 3.37. The van der Waals surface area contributed by atoms with Gasteiger partial charge in [-0.1, -0.05) is 0 Å². The van der Waals surface area contributed by atoms with E-state index >= 15 is 0 Å². The molecule has 0 unspecified atom stereocenters. The van der Waals surface area contributed by atoms with Gasteiger partial charge in [0.25, 0.3) is 0 Å². The molecule has 0 saturated heterocycles. The van der Waals surface area contributed by atoms with Crippen molar-refractivity contribution in [1.82, 2.24) is 0 Å². The molecule has 0 aliphatic heterocycles. The fraction of sp³-hybridized carbons (Fsp3) is 0. The summed E-state index contributed by atoms with van der Waals surface area (Å²) in [6.07, 6.45) is 0. The van der Waals surface area contributed by atoms with Crippen LogP contribution in [0.3, 0.4) is 0 Å². The van der Waals surface area contributed by atoms with Gasteiger partial charge in [-0.05, 0) is 11.8 Å². The van der Waals surface area contributed by atoms with Gasteiger partial charge in [0.05, 0.1) is 0 Å². The molecule has 6 nitrogen and oxygen atoms in total. The van der Waals surface area contributed by atoms with E-state index in [0.717, 1.165) is 0 Å². The summed E-state index contributed by atoms with van der Waals surface area (Å²) in [7, 11) is 0. The Labute approximate surface area is 55.1 Å². The van der Waals surface area contributed by atoms with Crippen molar-refractivity contribution in [3.8, 4) is 0 Å². The molecule has 0 aromatic carbocycles. The number of thioether (sulfide) groups is 1. The number of rotatable bonds is 0. The molecule has 48 valence electrons. The minimum absolute atomic E-state index is 0.337. The monoisotopic (exact) mass is 144 g/mol. The molecule has 0 fully saturated rings. The molecular weight excluding hydrogens is 140 g/mol. The Morgan fingerprint density at radius 3 is 1.56 bits per heavy atom. The lowest BCUT2D eigenvalue weighted by Gasteiger charge is -1.87. The van der Waals surface area contributed by atoms with Crippen LogP contribution in [0.15, 0.2) is 10.2 Å². The summed E-state index contributed by atoms with van der Waals surface area (Å²) in [6.45, 7) is 0. The molecule has 0 bridgehead atoms. The zero-order valence-electron chi connectivity index (χ0n) is 4.30. The van der Waals surface area contributed by atoms with E-state index in [1.807, 2.05) is 0 Å². The molecule has 0 aliphatic carbocycles. The standard InChI is InChI=1S/C2H4N6S/c3-1(7-5)9-2(4)8-6/h3-6H. The maximum absolute atomic E-state index is 6.70. The molecule has 0 saturated carbocycles. The van der Waals surface area contributed by atoms with E-state index in [4.69, 9.17) is 21.9 Å². The minimum atomic E-state index is -0.337. The predicted molar refractivity (Wildman–Crippen MR) is 33.3 cm³/mol. The van der Waals surface area contributed by atoms with Crippen molar-refractivity contribution in [2.45, 2.75) is 0 Å². The Balaban J connectivity index is 3.73. The molecule has 0 atom stereocenters. The highest BCUT2D eigenvalue weighted by Crippen LogP contribution is 2.04. The van der Waals surface area contributed by atoms with Gasteiger partial charge in [-0.2, -0.15) is 0 Å². The third-order valence-corrected chi connectivity index (χ3v) is 0.966. The van der Waals surface area contributed by atoms with Crippen molar-refractivity contribution < 1.29 is 0 Å². The Bertz CT molecular complexity index is 142. The van der Waals surface area contributed by atoms with Crippen molar-refractivity contribution in [2.75, 3.05) is 0 Å². The fourth-order valence-corrected chi connectivity index (χ4v) is 0.412. The summed E-state index contributed by atoms with van der Waals surface area (Å²) in [6, 6.07) is 0. The Morgan fingerprint density at radius 2 is 1.33 bits per heavy atom. The van der Waals surface area contributed by atoms with Crippen molar-refractivity contribution in [3.05, 3.63) is 0 Å². The van der Waals surface area contributed by atoms with Crippen LogP contribution in [-0.4, -0.2) is 10.3 Å². The van der Waals surface area contributed by atoms with Gasteiger partial charge in [-0.3, -0.25) is 10.8 Å². The molecule has 0 aromatic rings. The molecule has 0 radical (unpaired) electrons. The van der Waals surface area contributed by atoms with Gasteiger partial charge in [-0.25, -0.2) is 11.1 Å². The summed E-state index contributed by atoms with van der Waals surface area (Å²) >= 11 is 0.558. The maximum atomic E-state index is 6.70. The van der Waals surface area contributed by atoms with Crippen LogP contribution in [0.25, 0.3) is 0 Å². The van der Waals surface area contributed by atoms with E-state index in [-0.39, 0.29) is 10.3 Å². The lowest BCUT2D eigenvalue weighted by Crippen LogP contribution is -1.88. The SMILES string of the molecule is N=NC(=N)SC(=N)N=N. The molecule has 0 aromatic heterocycles. The first kappa shape index (κ1) is 7.89. The van der Waals surface area contributed by atoms with E-state index in [0.29, 0.717) is 11.8 Å². The largest absolute Gasteiger partial charge is 0.275 e. The van der Waals surface area contributed by atoms with Crippen LogP contribution in [0.5, 0.6) is 0 Å². The van der Waals surface area contributed by atoms with E-state index in [2.05, 4.69) is 10.2 Å². The zero-order chi connectivity index (χ0) is 7.28. The smallest absolute Gasteiger partial charge is 0.208 e. The second-order valence-corrected chi connectivity index (χ2v) is 1.91. The quantitative estimate of drug-likeness (QED) is 0.230. The van der Waals surface area contributed by atoms with Crippen molar-refractivity contribution in [1.29, 1.82) is 21.9 Å². The minimum Gasteiger partial charge on any atom is -0.275 e. The van der Waals surface area contributed by atoms with Gasteiger partial charge in [0, 0.05) is 0 Å². The second-order valence-electron chi connectivity index (χ2n) is 0.936. The number of hydrogen-bond donors (Lipinski definition) is 4. The molecule has 0 heterocycles. The number of amidine groups is 2. The van der Waals surface area contributed by atoms with Gasteiger partial charge in [0.1, 0.15) is 0 Å². The van der Waals surface area contributed by atoms with Crippen LogP contribution in [0, 0.1) is 21.9 Å². The zero-order valence-corrected chi connectivity index (χ0v) is 5.12. The van der Waals surface area contributed by atoms with Gasteiger partial charge < -0.3 is 0 Å². The number of nitrogens with zero attached hydrogens (tertiary/aromatic N) is 2. The molecule has 0 rings (SSSR count). The average molecular weight is 144 g/mol. The summed E-state index contributed by atoms with van der Waals surface area (Å²) < 4.78 is 0. The lowest BCUT2D eigenvalue weighted by atomic mass is 11.3. The van der Waals surface area contributed by atoms with E-state index in [9.17, 15) is 0 Å². The third-order valence-electron chi connectivity index (χ3n) is 0.396. The first-order valence-electron chi connectivity index (χ1n) is 1.80. The van der Waals surface area contributed by atoms with Crippen LogP contribution >= 0.6 is 11.8 Å². The Morgan fingerprint density at radius 1 is 1.00 bits per heavy atom. The van der Waals surface area contributed by atoms with Gasteiger partial charge in [0.2, 0.25) is 10.3 Å². The van der Waals surface area contributed by atoms with Crippen LogP contribution in [0.1, 0.15) is 0 Å². The molecule has 7 heteroatoms. The highest BCUT2D eigenvalue weighted by atomic mass is 32.2. The Hall–Kier alpha value is -1.11. The second kappa shape index (κ2) is 3.84. The first-order chi connectivity index (χ1) is 4.20. The van der Waals surface area contributed by atoms with E-state index in [1.165, 1.54) is 0 Å². The molecule has 9 heavy (non-hydrogen) atoms.